The van der Waals surface area contributed by atoms with Gasteiger partial charge >= 0.3 is 12.1 Å². The lowest BCUT2D eigenvalue weighted by Crippen LogP contribution is -2.52. The number of carboxylic acids is 1. The summed E-state index contributed by atoms with van der Waals surface area (Å²) in [5.41, 5.74) is -1.54. The quantitative estimate of drug-likeness (QED) is 0.833. The first-order valence-electron chi connectivity index (χ1n) is 7.39. The van der Waals surface area contributed by atoms with Gasteiger partial charge in [0.05, 0.1) is 11.5 Å². The molecule has 0 spiro atoms. The Hall–Kier alpha value is -1.30. The van der Waals surface area contributed by atoms with Crippen LogP contribution in [-0.4, -0.2) is 52.0 Å². The first-order chi connectivity index (χ1) is 9.49. The number of nitrogens with zero attached hydrogens (tertiary/aromatic N) is 1. The minimum atomic E-state index is -0.979. The van der Waals surface area contributed by atoms with Gasteiger partial charge in [-0.3, -0.25) is 4.79 Å². The Morgan fingerprint density at radius 2 is 1.67 bits per heavy atom. The van der Waals surface area contributed by atoms with Crippen LogP contribution in [0.25, 0.3) is 0 Å². The van der Waals surface area contributed by atoms with Crippen LogP contribution in [0.3, 0.4) is 0 Å². The van der Waals surface area contributed by atoms with Crippen molar-refractivity contribution in [3.05, 3.63) is 0 Å². The van der Waals surface area contributed by atoms with Crippen LogP contribution in [0.15, 0.2) is 0 Å². The van der Waals surface area contributed by atoms with Crippen LogP contribution in [-0.2, 0) is 9.53 Å². The van der Waals surface area contributed by atoms with Gasteiger partial charge in [-0.2, -0.15) is 0 Å². The predicted molar refractivity (Wildman–Crippen MR) is 78.0 cm³/mol. The van der Waals surface area contributed by atoms with Crippen molar-refractivity contribution in [1.82, 2.24) is 4.90 Å². The minimum Gasteiger partial charge on any atom is -0.481 e. The second-order valence-electron chi connectivity index (χ2n) is 6.96. The molecule has 0 saturated carbocycles. The number of amides is 1. The molecule has 1 rings (SSSR count). The van der Waals surface area contributed by atoms with Crippen molar-refractivity contribution in [2.75, 3.05) is 13.1 Å². The molecule has 2 atom stereocenters. The number of carbonyl (C=O) groups is 2. The summed E-state index contributed by atoms with van der Waals surface area (Å²) in [6, 6.07) is 0. The number of carbonyl (C=O) groups excluding carboxylic acids is 1. The van der Waals surface area contributed by atoms with Crippen molar-refractivity contribution in [1.29, 1.82) is 0 Å². The highest BCUT2D eigenvalue weighted by Crippen LogP contribution is 2.41. The molecule has 0 aromatic rings. The zero-order chi connectivity index (χ0) is 16.4. The van der Waals surface area contributed by atoms with Crippen molar-refractivity contribution < 1.29 is 24.5 Å². The molecule has 122 valence electrons. The Morgan fingerprint density at radius 3 is 2.00 bits per heavy atom. The van der Waals surface area contributed by atoms with Gasteiger partial charge in [-0.05, 0) is 46.5 Å². The maximum Gasteiger partial charge on any atom is 0.410 e. The summed E-state index contributed by atoms with van der Waals surface area (Å²) in [7, 11) is 0. The van der Waals surface area contributed by atoms with E-state index in [1.54, 1.807) is 39.5 Å². The van der Waals surface area contributed by atoms with Gasteiger partial charge in [0, 0.05) is 13.1 Å². The van der Waals surface area contributed by atoms with E-state index in [2.05, 4.69) is 0 Å². The van der Waals surface area contributed by atoms with E-state index in [9.17, 15) is 19.8 Å². The van der Waals surface area contributed by atoms with Gasteiger partial charge in [-0.1, -0.05) is 6.92 Å². The zero-order valence-electron chi connectivity index (χ0n) is 13.5. The average Bonchev–Trinajstić information content (AvgIpc) is 2.35. The Kier molecular flexibility index (Phi) is 5.25. The Balaban J connectivity index is 2.76. The van der Waals surface area contributed by atoms with Gasteiger partial charge in [0.15, 0.2) is 0 Å². The van der Waals surface area contributed by atoms with Crippen LogP contribution in [0.1, 0.15) is 47.5 Å². The van der Waals surface area contributed by atoms with Gasteiger partial charge in [0.25, 0.3) is 0 Å². The molecule has 2 unspecified atom stereocenters. The maximum atomic E-state index is 12.0. The number of hydrogen-bond acceptors (Lipinski definition) is 4. The highest BCUT2D eigenvalue weighted by Gasteiger charge is 2.48. The molecule has 0 aromatic heterocycles. The van der Waals surface area contributed by atoms with E-state index >= 15 is 0 Å². The molecule has 1 aliphatic heterocycles. The third-order valence-corrected chi connectivity index (χ3v) is 4.33. The topological polar surface area (TPSA) is 87.1 Å². The molecule has 0 aliphatic carbocycles. The minimum absolute atomic E-state index is 0.327. The molecule has 0 aromatic carbocycles. The Morgan fingerprint density at radius 1 is 1.19 bits per heavy atom. The molecule has 6 nitrogen and oxygen atoms in total. The molecule has 1 saturated heterocycles. The number of carboxylic acid groups (broad SMARTS) is 1. The highest BCUT2D eigenvalue weighted by molar-refractivity contribution is 5.76. The number of piperidine rings is 1. The Bertz CT molecular complexity index is 391. The van der Waals surface area contributed by atoms with E-state index in [-0.39, 0.29) is 5.92 Å². The maximum absolute atomic E-state index is 12.0. The number of aliphatic hydroxyl groups excluding tert-OH is 1. The van der Waals surface area contributed by atoms with Gasteiger partial charge < -0.3 is 19.8 Å². The van der Waals surface area contributed by atoms with Crippen LogP contribution < -0.4 is 0 Å². The largest absolute Gasteiger partial charge is 0.481 e. The van der Waals surface area contributed by atoms with Crippen LogP contribution >= 0.6 is 0 Å². The lowest BCUT2D eigenvalue weighted by Gasteiger charge is -2.43. The number of aliphatic hydroxyl groups is 1. The summed E-state index contributed by atoms with van der Waals surface area (Å²) in [5, 5.41) is 19.3. The van der Waals surface area contributed by atoms with Crippen molar-refractivity contribution in [2.45, 2.75) is 59.2 Å². The summed E-state index contributed by atoms with van der Waals surface area (Å²) < 4.78 is 5.30. The Labute approximate surface area is 126 Å². The molecule has 1 heterocycles. The number of rotatable bonds is 3. The van der Waals surface area contributed by atoms with Crippen LogP contribution in [0, 0.1) is 11.3 Å². The SMILES string of the molecule is CC(O)C(C)C1(C(=O)O)CCN(C(=O)OC(C)(C)C)CC1. The van der Waals surface area contributed by atoms with Crippen molar-refractivity contribution in [3.8, 4) is 0 Å². The van der Waals surface area contributed by atoms with Crippen LogP contribution in [0.4, 0.5) is 4.79 Å². The standard InChI is InChI=1S/C15H27NO5/c1-10(11(2)17)15(12(18)19)6-8-16(9-7-15)13(20)21-14(3,4)5/h10-11,17H,6-9H2,1-5H3,(H,18,19). The van der Waals surface area contributed by atoms with E-state index in [0.29, 0.717) is 25.9 Å². The van der Waals surface area contributed by atoms with E-state index in [1.807, 2.05) is 0 Å². The van der Waals surface area contributed by atoms with E-state index < -0.39 is 29.2 Å². The third kappa shape index (κ3) is 4.09. The summed E-state index contributed by atoms with van der Waals surface area (Å²) in [6.45, 7) is 9.41. The molecule has 1 aliphatic rings. The normalized spacial score (nSPS) is 21.5. The number of aliphatic carboxylic acids is 1. The van der Waals surface area contributed by atoms with Crippen molar-refractivity contribution in [3.63, 3.8) is 0 Å². The van der Waals surface area contributed by atoms with Gasteiger partial charge in [-0.25, -0.2) is 4.79 Å². The fraction of sp³-hybridized carbons (Fsp3) is 0.867. The first kappa shape index (κ1) is 17.8. The van der Waals surface area contributed by atoms with Crippen molar-refractivity contribution in [2.24, 2.45) is 11.3 Å². The zero-order valence-corrected chi connectivity index (χ0v) is 13.5. The monoisotopic (exact) mass is 301 g/mol. The molecule has 1 amide bonds. The summed E-state index contributed by atoms with van der Waals surface area (Å²) in [6.07, 6.45) is -0.457. The van der Waals surface area contributed by atoms with E-state index in [1.165, 1.54) is 0 Å². The van der Waals surface area contributed by atoms with Crippen LogP contribution in [0.5, 0.6) is 0 Å². The predicted octanol–water partition coefficient (Wildman–Crippen LogP) is 2.11. The van der Waals surface area contributed by atoms with Gasteiger partial charge in [0.1, 0.15) is 5.60 Å². The fourth-order valence-corrected chi connectivity index (χ4v) is 2.74. The first-order valence-corrected chi connectivity index (χ1v) is 7.39. The molecule has 1 fully saturated rings. The third-order valence-electron chi connectivity index (χ3n) is 4.33. The number of likely N-dealkylation sites (tertiary alicyclic amines) is 1. The van der Waals surface area contributed by atoms with Gasteiger partial charge in [0.2, 0.25) is 0 Å². The average molecular weight is 301 g/mol. The van der Waals surface area contributed by atoms with E-state index in [0.717, 1.165) is 0 Å². The van der Waals surface area contributed by atoms with Crippen LogP contribution in [0.2, 0.25) is 0 Å². The van der Waals surface area contributed by atoms with Crippen molar-refractivity contribution >= 4 is 12.1 Å². The molecule has 6 heteroatoms. The highest BCUT2D eigenvalue weighted by atomic mass is 16.6. The summed E-state index contributed by atoms with van der Waals surface area (Å²) in [4.78, 5) is 25.2. The molecule has 0 radical (unpaired) electrons. The lowest BCUT2D eigenvalue weighted by molar-refractivity contribution is -0.159. The fourth-order valence-electron chi connectivity index (χ4n) is 2.74. The second-order valence-corrected chi connectivity index (χ2v) is 6.96. The molecule has 21 heavy (non-hydrogen) atoms. The van der Waals surface area contributed by atoms with E-state index in [4.69, 9.17) is 4.74 Å². The molecule has 0 bridgehead atoms. The summed E-state index contributed by atoms with van der Waals surface area (Å²) in [5.74, 6) is -1.27. The number of ether oxygens (including phenoxy) is 1. The molecule has 2 N–H and O–H groups in total. The molecular formula is C15H27NO5. The smallest absolute Gasteiger partial charge is 0.410 e. The summed E-state index contributed by atoms with van der Waals surface area (Å²) >= 11 is 0. The van der Waals surface area contributed by atoms with Gasteiger partial charge in [-0.15, -0.1) is 0 Å². The lowest BCUT2D eigenvalue weighted by atomic mass is 9.67. The number of hydrogen-bond donors (Lipinski definition) is 2. The second kappa shape index (κ2) is 6.22. The molecular weight excluding hydrogens is 274 g/mol.